The lowest BCUT2D eigenvalue weighted by Crippen LogP contribution is -2.44. The normalized spacial score (nSPS) is 25.7. The van der Waals surface area contributed by atoms with E-state index in [2.05, 4.69) is 29.5 Å². The summed E-state index contributed by atoms with van der Waals surface area (Å²) in [4.78, 5) is 4.29. The second kappa shape index (κ2) is 2.91. The van der Waals surface area contributed by atoms with Gasteiger partial charge in [-0.05, 0) is 25.5 Å². The zero-order valence-electron chi connectivity index (χ0n) is 8.09. The first kappa shape index (κ1) is 8.35. The summed E-state index contributed by atoms with van der Waals surface area (Å²) in [5.74, 6) is 0.970. The van der Waals surface area contributed by atoms with Crippen LogP contribution in [0.1, 0.15) is 20.3 Å². The Hall–Kier alpha value is -1.25. The van der Waals surface area contributed by atoms with Crippen molar-refractivity contribution < 1.29 is 0 Å². The van der Waals surface area contributed by atoms with Crippen molar-refractivity contribution in [2.45, 2.75) is 25.8 Å². The predicted molar refractivity (Wildman–Crippen MR) is 55.0 cm³/mol. The molecule has 1 aliphatic rings. The van der Waals surface area contributed by atoms with Gasteiger partial charge in [-0.15, -0.1) is 0 Å². The van der Waals surface area contributed by atoms with Gasteiger partial charge in [-0.25, -0.2) is 4.98 Å². The minimum Gasteiger partial charge on any atom is -0.380 e. The Kier molecular flexibility index (Phi) is 1.87. The number of fused-ring (bicyclic) bond motifs is 1. The smallest absolute Gasteiger partial charge is 0.149 e. The Morgan fingerprint density at radius 2 is 2.46 bits per heavy atom. The van der Waals surface area contributed by atoms with Gasteiger partial charge in [0.2, 0.25) is 0 Å². The van der Waals surface area contributed by atoms with E-state index in [1.54, 1.807) is 0 Å². The average Bonchev–Trinajstić information content (AvgIpc) is 2.18. The van der Waals surface area contributed by atoms with E-state index in [-0.39, 0.29) is 5.54 Å². The molecule has 3 heteroatoms. The van der Waals surface area contributed by atoms with Crippen LogP contribution in [0.15, 0.2) is 18.3 Å². The fourth-order valence-corrected chi connectivity index (χ4v) is 1.48. The Morgan fingerprint density at radius 1 is 1.62 bits per heavy atom. The van der Waals surface area contributed by atoms with E-state index in [1.807, 2.05) is 18.3 Å². The van der Waals surface area contributed by atoms with Gasteiger partial charge < -0.3 is 10.6 Å². The maximum atomic E-state index is 4.29. The van der Waals surface area contributed by atoms with E-state index in [1.165, 1.54) is 0 Å². The van der Waals surface area contributed by atoms with Crippen LogP contribution in [0.2, 0.25) is 0 Å². The molecule has 0 saturated heterocycles. The second-order valence-electron chi connectivity index (χ2n) is 3.79. The van der Waals surface area contributed by atoms with Crippen LogP contribution in [0.3, 0.4) is 0 Å². The third-order valence-electron chi connectivity index (χ3n) is 2.68. The third kappa shape index (κ3) is 1.46. The summed E-state index contributed by atoms with van der Waals surface area (Å²) in [6.07, 6.45) is 2.91. The van der Waals surface area contributed by atoms with Crippen molar-refractivity contribution in [1.82, 2.24) is 4.98 Å². The molecule has 0 saturated carbocycles. The molecule has 1 unspecified atom stereocenters. The summed E-state index contributed by atoms with van der Waals surface area (Å²) >= 11 is 0. The molecule has 13 heavy (non-hydrogen) atoms. The number of rotatable bonds is 1. The molecule has 1 aliphatic heterocycles. The molecule has 70 valence electrons. The molecule has 2 N–H and O–H groups in total. The molecule has 1 aromatic heterocycles. The van der Waals surface area contributed by atoms with Crippen LogP contribution in [0.25, 0.3) is 0 Å². The molecule has 2 heterocycles. The summed E-state index contributed by atoms with van der Waals surface area (Å²) in [6.45, 7) is 5.35. The highest BCUT2D eigenvalue weighted by molar-refractivity contribution is 5.67. The van der Waals surface area contributed by atoms with Gasteiger partial charge in [-0.2, -0.15) is 0 Å². The van der Waals surface area contributed by atoms with Gasteiger partial charge in [0.1, 0.15) is 5.82 Å². The van der Waals surface area contributed by atoms with E-state index in [4.69, 9.17) is 0 Å². The lowest BCUT2D eigenvalue weighted by atomic mass is 9.97. The van der Waals surface area contributed by atoms with Crippen molar-refractivity contribution in [3.05, 3.63) is 18.3 Å². The number of pyridine rings is 1. The van der Waals surface area contributed by atoms with E-state index < -0.39 is 0 Å². The summed E-state index contributed by atoms with van der Waals surface area (Å²) in [7, 11) is 0. The SMILES string of the molecule is CCC1(C)CNc2cccnc2N1. The van der Waals surface area contributed by atoms with Gasteiger partial charge in [0.15, 0.2) is 0 Å². The van der Waals surface area contributed by atoms with Gasteiger partial charge in [0.05, 0.1) is 11.2 Å². The standard InChI is InChI=1S/C10H15N3/c1-3-10(2)7-12-8-5-4-6-11-9(8)13-10/h4-6,12H,3,7H2,1-2H3,(H,11,13). The number of hydrogen-bond acceptors (Lipinski definition) is 3. The van der Waals surface area contributed by atoms with Gasteiger partial charge in [-0.3, -0.25) is 0 Å². The molecule has 1 atom stereocenters. The monoisotopic (exact) mass is 177 g/mol. The van der Waals surface area contributed by atoms with Gasteiger partial charge in [0.25, 0.3) is 0 Å². The first-order valence-electron chi connectivity index (χ1n) is 4.70. The topological polar surface area (TPSA) is 37.0 Å². The first-order chi connectivity index (χ1) is 6.23. The molecule has 0 fully saturated rings. The number of nitrogens with one attached hydrogen (secondary N) is 2. The minimum absolute atomic E-state index is 0.140. The fraction of sp³-hybridized carbons (Fsp3) is 0.500. The number of anilines is 2. The van der Waals surface area contributed by atoms with Crippen LogP contribution in [-0.4, -0.2) is 17.1 Å². The Labute approximate surface area is 78.6 Å². The largest absolute Gasteiger partial charge is 0.380 e. The lowest BCUT2D eigenvalue weighted by Gasteiger charge is -2.36. The van der Waals surface area contributed by atoms with Crippen LogP contribution in [0.5, 0.6) is 0 Å². The number of aromatic nitrogens is 1. The lowest BCUT2D eigenvalue weighted by molar-refractivity contribution is 0.511. The maximum Gasteiger partial charge on any atom is 0.149 e. The van der Waals surface area contributed by atoms with Crippen LogP contribution in [0, 0.1) is 0 Å². The molecule has 0 radical (unpaired) electrons. The van der Waals surface area contributed by atoms with Crippen molar-refractivity contribution in [2.75, 3.05) is 17.2 Å². The van der Waals surface area contributed by atoms with Crippen LogP contribution < -0.4 is 10.6 Å². The Morgan fingerprint density at radius 3 is 3.23 bits per heavy atom. The quantitative estimate of drug-likeness (QED) is 0.689. The summed E-state index contributed by atoms with van der Waals surface area (Å²) < 4.78 is 0. The molecule has 3 nitrogen and oxygen atoms in total. The third-order valence-corrected chi connectivity index (χ3v) is 2.68. The molecule has 0 bridgehead atoms. The van der Waals surface area contributed by atoms with E-state index in [0.717, 1.165) is 24.5 Å². The van der Waals surface area contributed by atoms with Gasteiger partial charge in [-0.1, -0.05) is 6.92 Å². The summed E-state index contributed by atoms with van der Waals surface area (Å²) in [5.41, 5.74) is 1.25. The maximum absolute atomic E-state index is 4.29. The predicted octanol–water partition coefficient (Wildman–Crippen LogP) is 2.09. The second-order valence-corrected chi connectivity index (χ2v) is 3.79. The molecule has 0 aliphatic carbocycles. The summed E-state index contributed by atoms with van der Waals surface area (Å²) in [6, 6.07) is 3.99. The average molecular weight is 177 g/mol. The van der Waals surface area contributed by atoms with Gasteiger partial charge in [0, 0.05) is 12.7 Å². The van der Waals surface area contributed by atoms with Crippen molar-refractivity contribution in [3.63, 3.8) is 0 Å². The molecular weight excluding hydrogens is 162 g/mol. The van der Waals surface area contributed by atoms with Crippen molar-refractivity contribution in [3.8, 4) is 0 Å². The minimum atomic E-state index is 0.140. The van der Waals surface area contributed by atoms with Crippen LogP contribution in [-0.2, 0) is 0 Å². The highest BCUT2D eigenvalue weighted by Crippen LogP contribution is 2.28. The Balaban J connectivity index is 2.29. The first-order valence-corrected chi connectivity index (χ1v) is 4.70. The van der Waals surface area contributed by atoms with Crippen LogP contribution in [0.4, 0.5) is 11.5 Å². The van der Waals surface area contributed by atoms with Crippen molar-refractivity contribution in [1.29, 1.82) is 0 Å². The highest BCUT2D eigenvalue weighted by atomic mass is 15.1. The molecule has 0 spiro atoms. The van der Waals surface area contributed by atoms with E-state index in [9.17, 15) is 0 Å². The zero-order chi connectivity index (χ0) is 9.31. The molecule has 0 aromatic carbocycles. The Bertz CT molecular complexity index is 311. The highest BCUT2D eigenvalue weighted by Gasteiger charge is 2.27. The number of hydrogen-bond donors (Lipinski definition) is 2. The van der Waals surface area contributed by atoms with E-state index >= 15 is 0 Å². The van der Waals surface area contributed by atoms with Crippen LogP contribution >= 0.6 is 0 Å². The van der Waals surface area contributed by atoms with E-state index in [0.29, 0.717) is 0 Å². The van der Waals surface area contributed by atoms with Crippen molar-refractivity contribution >= 4 is 11.5 Å². The molecular formula is C10H15N3. The fourth-order valence-electron chi connectivity index (χ4n) is 1.48. The summed E-state index contributed by atoms with van der Waals surface area (Å²) in [5, 5.41) is 6.83. The number of nitrogens with zero attached hydrogens (tertiary/aromatic N) is 1. The van der Waals surface area contributed by atoms with Crippen molar-refractivity contribution in [2.24, 2.45) is 0 Å². The molecule has 0 amide bonds. The molecule has 2 rings (SSSR count). The molecule has 1 aromatic rings. The van der Waals surface area contributed by atoms with Gasteiger partial charge >= 0.3 is 0 Å². The zero-order valence-corrected chi connectivity index (χ0v) is 8.09.